The second-order valence-corrected chi connectivity index (χ2v) is 5.30. The van der Waals surface area contributed by atoms with Gasteiger partial charge in [-0.1, -0.05) is 23.7 Å². The van der Waals surface area contributed by atoms with Crippen molar-refractivity contribution in [1.82, 2.24) is 0 Å². The van der Waals surface area contributed by atoms with Gasteiger partial charge in [-0.3, -0.25) is 0 Å². The van der Waals surface area contributed by atoms with Crippen molar-refractivity contribution in [3.8, 4) is 0 Å². The van der Waals surface area contributed by atoms with Gasteiger partial charge in [-0.25, -0.2) is 4.79 Å². The molecule has 1 aromatic carbocycles. The molecule has 0 aliphatic carbocycles. The summed E-state index contributed by atoms with van der Waals surface area (Å²) in [7, 11) is 1.19. The van der Waals surface area contributed by atoms with Gasteiger partial charge in [-0.05, 0) is 31.9 Å². The fourth-order valence-electron chi connectivity index (χ4n) is 1.94. The fraction of sp³-hybridized carbons (Fsp3) is 0.500. The van der Waals surface area contributed by atoms with Gasteiger partial charge in [0.2, 0.25) is 0 Å². The molecule has 0 saturated heterocycles. The molecule has 3 nitrogen and oxygen atoms in total. The lowest BCUT2D eigenvalue weighted by atomic mass is 9.94. The summed E-state index contributed by atoms with van der Waals surface area (Å²) in [5, 5.41) is 3.26. The van der Waals surface area contributed by atoms with E-state index in [0.717, 1.165) is 0 Å². The van der Waals surface area contributed by atoms with E-state index in [9.17, 15) is 18.0 Å². The molecule has 1 N–H and O–H groups in total. The Morgan fingerprint density at radius 3 is 2.43 bits per heavy atom. The van der Waals surface area contributed by atoms with Crippen LogP contribution < -0.4 is 5.32 Å². The standard InChI is InChI=1S/C14H17ClF3NO2/c1-13(12(20)21-2,8-5-9-14(16,17)18)19-11-7-4-3-6-10(11)15/h3-4,6-7,19H,5,8-9H2,1-2H3. The molecule has 0 radical (unpaired) electrons. The van der Waals surface area contributed by atoms with Crippen molar-refractivity contribution in [2.45, 2.75) is 37.9 Å². The van der Waals surface area contributed by atoms with Crippen LogP contribution in [-0.2, 0) is 9.53 Å². The molecule has 0 aliphatic rings. The van der Waals surface area contributed by atoms with Crippen molar-refractivity contribution < 1.29 is 22.7 Å². The number of alkyl halides is 3. The van der Waals surface area contributed by atoms with Gasteiger partial charge < -0.3 is 10.1 Å². The SMILES string of the molecule is COC(=O)C(C)(CCCC(F)(F)F)Nc1ccccc1Cl. The third kappa shape index (κ3) is 5.46. The molecule has 0 fully saturated rings. The summed E-state index contributed by atoms with van der Waals surface area (Å²) in [6.07, 6.45) is -5.41. The largest absolute Gasteiger partial charge is 0.467 e. The average molecular weight is 324 g/mol. The highest BCUT2D eigenvalue weighted by Gasteiger charge is 2.36. The minimum atomic E-state index is -4.25. The van der Waals surface area contributed by atoms with Crippen LogP contribution in [0.15, 0.2) is 24.3 Å². The number of carbonyl (C=O) groups excluding carboxylic acids is 1. The number of halogens is 4. The molecule has 21 heavy (non-hydrogen) atoms. The Bertz CT molecular complexity index is 493. The summed E-state index contributed by atoms with van der Waals surface area (Å²) in [6, 6.07) is 6.69. The molecule has 0 saturated carbocycles. The van der Waals surface area contributed by atoms with Gasteiger partial charge in [0.05, 0.1) is 17.8 Å². The first-order valence-corrected chi connectivity index (χ1v) is 6.73. The minimum Gasteiger partial charge on any atom is -0.467 e. The number of ether oxygens (including phenoxy) is 1. The second-order valence-electron chi connectivity index (χ2n) is 4.90. The molecular formula is C14H17ClF3NO2. The molecule has 0 amide bonds. The van der Waals surface area contributed by atoms with Crippen LogP contribution >= 0.6 is 11.6 Å². The van der Waals surface area contributed by atoms with E-state index < -0.39 is 24.1 Å². The third-order valence-electron chi connectivity index (χ3n) is 3.06. The Morgan fingerprint density at radius 1 is 1.29 bits per heavy atom. The molecule has 1 atom stereocenters. The number of esters is 1. The number of anilines is 1. The number of rotatable bonds is 6. The number of hydrogen-bond donors (Lipinski definition) is 1. The summed E-state index contributed by atoms with van der Waals surface area (Å²) < 4.78 is 41.4. The number of hydrogen-bond acceptors (Lipinski definition) is 3. The van der Waals surface area contributed by atoms with Crippen molar-refractivity contribution in [3.05, 3.63) is 29.3 Å². The van der Waals surface area contributed by atoms with Crippen molar-refractivity contribution in [2.24, 2.45) is 0 Å². The van der Waals surface area contributed by atoms with Gasteiger partial charge in [-0.15, -0.1) is 0 Å². The topological polar surface area (TPSA) is 38.3 Å². The Morgan fingerprint density at radius 2 is 1.90 bits per heavy atom. The molecule has 0 spiro atoms. The molecule has 0 heterocycles. The maximum Gasteiger partial charge on any atom is 0.389 e. The van der Waals surface area contributed by atoms with Crippen molar-refractivity contribution in [1.29, 1.82) is 0 Å². The normalized spacial score (nSPS) is 14.4. The first-order chi connectivity index (χ1) is 9.68. The molecular weight excluding hydrogens is 307 g/mol. The van der Waals surface area contributed by atoms with E-state index >= 15 is 0 Å². The van der Waals surface area contributed by atoms with E-state index in [1.54, 1.807) is 24.3 Å². The Labute approximate surface area is 126 Å². The lowest BCUT2D eigenvalue weighted by Gasteiger charge is -2.29. The first-order valence-electron chi connectivity index (χ1n) is 6.36. The monoisotopic (exact) mass is 323 g/mol. The molecule has 118 valence electrons. The quantitative estimate of drug-likeness (QED) is 0.788. The average Bonchev–Trinajstić information content (AvgIpc) is 2.39. The number of methoxy groups -OCH3 is 1. The van der Waals surface area contributed by atoms with Crippen molar-refractivity contribution in [2.75, 3.05) is 12.4 Å². The van der Waals surface area contributed by atoms with Gasteiger partial charge in [0.15, 0.2) is 0 Å². The Balaban J connectivity index is 2.84. The highest BCUT2D eigenvalue weighted by Crippen LogP contribution is 2.30. The molecule has 1 aromatic rings. The van der Waals surface area contributed by atoms with E-state index in [1.165, 1.54) is 14.0 Å². The van der Waals surface area contributed by atoms with E-state index in [-0.39, 0.29) is 12.8 Å². The summed E-state index contributed by atoms with van der Waals surface area (Å²) in [4.78, 5) is 11.9. The smallest absolute Gasteiger partial charge is 0.389 e. The van der Waals surface area contributed by atoms with Gasteiger partial charge in [-0.2, -0.15) is 13.2 Å². The molecule has 7 heteroatoms. The molecule has 1 unspecified atom stereocenters. The second kappa shape index (κ2) is 7.02. The summed E-state index contributed by atoms with van der Waals surface area (Å²) >= 11 is 5.99. The van der Waals surface area contributed by atoms with Crippen molar-refractivity contribution >= 4 is 23.3 Å². The summed E-state index contributed by atoms with van der Waals surface area (Å²) in [5.74, 6) is -0.635. The highest BCUT2D eigenvalue weighted by atomic mass is 35.5. The van der Waals surface area contributed by atoms with Crippen LogP contribution in [0.2, 0.25) is 5.02 Å². The Kier molecular flexibility index (Phi) is 5.89. The van der Waals surface area contributed by atoms with Crippen LogP contribution in [0, 0.1) is 0 Å². The van der Waals surface area contributed by atoms with Crippen LogP contribution in [0.4, 0.5) is 18.9 Å². The lowest BCUT2D eigenvalue weighted by Crippen LogP contribution is -2.44. The van der Waals surface area contributed by atoms with Gasteiger partial charge in [0.25, 0.3) is 0 Å². The molecule has 0 aromatic heterocycles. The predicted octanol–water partition coefficient (Wildman–Crippen LogP) is 4.42. The fourth-order valence-corrected chi connectivity index (χ4v) is 2.13. The number of benzene rings is 1. The maximum atomic E-state index is 12.2. The van der Waals surface area contributed by atoms with E-state index in [0.29, 0.717) is 10.7 Å². The van der Waals surface area contributed by atoms with E-state index in [4.69, 9.17) is 11.6 Å². The zero-order chi connectivity index (χ0) is 16.1. The van der Waals surface area contributed by atoms with Gasteiger partial charge >= 0.3 is 12.1 Å². The zero-order valence-electron chi connectivity index (χ0n) is 11.8. The van der Waals surface area contributed by atoms with Gasteiger partial charge in [0.1, 0.15) is 5.54 Å². The van der Waals surface area contributed by atoms with Crippen LogP contribution in [0.25, 0.3) is 0 Å². The van der Waals surface area contributed by atoms with Crippen LogP contribution in [-0.4, -0.2) is 24.8 Å². The minimum absolute atomic E-state index is 0.0234. The highest BCUT2D eigenvalue weighted by molar-refractivity contribution is 6.33. The Hall–Kier alpha value is -1.43. The number of carbonyl (C=O) groups is 1. The van der Waals surface area contributed by atoms with Crippen LogP contribution in [0.1, 0.15) is 26.2 Å². The summed E-state index contributed by atoms with van der Waals surface area (Å²) in [5.41, 5.74) is -0.801. The first kappa shape index (κ1) is 17.6. The lowest BCUT2D eigenvalue weighted by molar-refractivity contribution is -0.148. The molecule has 0 aliphatic heterocycles. The van der Waals surface area contributed by atoms with Crippen LogP contribution in [0.3, 0.4) is 0 Å². The molecule has 0 bridgehead atoms. The van der Waals surface area contributed by atoms with E-state index in [2.05, 4.69) is 10.1 Å². The van der Waals surface area contributed by atoms with Crippen molar-refractivity contribution in [3.63, 3.8) is 0 Å². The zero-order valence-corrected chi connectivity index (χ0v) is 12.5. The van der Waals surface area contributed by atoms with Crippen LogP contribution in [0.5, 0.6) is 0 Å². The maximum absolute atomic E-state index is 12.2. The number of para-hydroxylation sites is 1. The summed E-state index contributed by atoms with van der Waals surface area (Å²) in [6.45, 7) is 1.50. The van der Waals surface area contributed by atoms with Gasteiger partial charge in [0, 0.05) is 6.42 Å². The predicted molar refractivity (Wildman–Crippen MR) is 75.4 cm³/mol. The molecule has 1 rings (SSSR count). The third-order valence-corrected chi connectivity index (χ3v) is 3.39. The number of nitrogens with one attached hydrogen (secondary N) is 1. The van der Waals surface area contributed by atoms with E-state index in [1.807, 2.05) is 0 Å².